The molecule has 76 valence electrons. The quantitative estimate of drug-likeness (QED) is 0.373. The zero-order valence-corrected chi connectivity index (χ0v) is 13.8. The van der Waals surface area contributed by atoms with Gasteiger partial charge in [0.1, 0.15) is 0 Å². The Labute approximate surface area is 106 Å². The van der Waals surface area contributed by atoms with Crippen LogP contribution in [0.1, 0.15) is 65.2 Å². The number of hydrogen-bond donors (Lipinski definition) is 0. The van der Waals surface area contributed by atoms with Gasteiger partial charge >= 0.3 is 27.3 Å². The van der Waals surface area contributed by atoms with Crippen molar-refractivity contribution in [3.8, 4) is 0 Å². The van der Waals surface area contributed by atoms with Crippen molar-refractivity contribution in [2.45, 2.75) is 65.2 Å². The number of rotatable bonds is 6. The molecule has 0 saturated heterocycles. The number of unbranched alkanes of at least 4 members (excludes halogenated alkanes) is 6. The molecule has 0 radical (unpaired) electrons. The molecule has 0 N–H and O–H groups in total. The molecule has 0 rings (SSSR count). The fourth-order valence-corrected chi connectivity index (χ4v) is 0.854. The summed E-state index contributed by atoms with van der Waals surface area (Å²) in [6, 6.07) is 0. The van der Waals surface area contributed by atoms with E-state index in [2.05, 4.69) is 27.7 Å². The average Bonchev–Trinajstić information content (AvgIpc) is 2.12. The molecule has 0 aromatic carbocycles. The SMILES string of the molecule is [CH2-]CCCCC.[CH2-]CCCCC.[Cd+2]. The molecule has 0 saturated carbocycles. The topological polar surface area (TPSA) is 0 Å². The Morgan fingerprint density at radius 1 is 0.692 bits per heavy atom. The van der Waals surface area contributed by atoms with Gasteiger partial charge in [-0.3, -0.25) is 0 Å². The third-order valence-electron chi connectivity index (χ3n) is 1.71. The standard InChI is InChI=1S/2C6H13.Cd/c2*1-3-5-6-4-2;/h2*1,3-6H2,2H3;/q2*-1;+2. The predicted molar refractivity (Wildman–Crippen MR) is 59.0 cm³/mol. The van der Waals surface area contributed by atoms with Crippen molar-refractivity contribution in [2.75, 3.05) is 0 Å². The molecular formula is C12H26Cd. The molecule has 0 aromatic heterocycles. The van der Waals surface area contributed by atoms with Crippen LogP contribution in [-0.4, -0.2) is 0 Å². The largest absolute Gasteiger partial charge is 2.00 e. The molecule has 0 amide bonds. The van der Waals surface area contributed by atoms with Crippen LogP contribution in [0.3, 0.4) is 0 Å². The Morgan fingerprint density at radius 3 is 1.08 bits per heavy atom. The van der Waals surface area contributed by atoms with Gasteiger partial charge in [-0.1, -0.05) is 52.4 Å². The summed E-state index contributed by atoms with van der Waals surface area (Å²) < 4.78 is 0. The first kappa shape index (κ1) is 19.5. The predicted octanol–water partition coefficient (Wildman–Crippen LogP) is 4.80. The Balaban J connectivity index is -0.000000143. The summed E-state index contributed by atoms with van der Waals surface area (Å²) in [6.45, 7) is 11.9. The van der Waals surface area contributed by atoms with E-state index in [1.807, 2.05) is 0 Å². The van der Waals surface area contributed by atoms with Crippen LogP contribution in [0.25, 0.3) is 0 Å². The van der Waals surface area contributed by atoms with Crippen molar-refractivity contribution in [2.24, 2.45) is 0 Å². The zero-order chi connectivity index (χ0) is 9.66. The van der Waals surface area contributed by atoms with Gasteiger partial charge in [0.2, 0.25) is 0 Å². The van der Waals surface area contributed by atoms with Crippen LogP contribution in [0.2, 0.25) is 0 Å². The summed E-state index contributed by atoms with van der Waals surface area (Å²) in [5.41, 5.74) is 0. The molecule has 0 fully saturated rings. The molecule has 0 nitrogen and oxygen atoms in total. The maximum atomic E-state index is 3.72. The van der Waals surface area contributed by atoms with Gasteiger partial charge in [0.05, 0.1) is 0 Å². The van der Waals surface area contributed by atoms with Crippen LogP contribution in [0.15, 0.2) is 0 Å². The third-order valence-corrected chi connectivity index (χ3v) is 1.71. The van der Waals surface area contributed by atoms with Gasteiger partial charge in [0.25, 0.3) is 0 Å². The summed E-state index contributed by atoms with van der Waals surface area (Å²) in [4.78, 5) is 0. The molecular weight excluding hydrogens is 257 g/mol. The molecule has 1 heteroatoms. The maximum Gasteiger partial charge on any atom is 2.00 e. The van der Waals surface area contributed by atoms with Crippen molar-refractivity contribution >= 4 is 0 Å². The first-order valence-corrected chi connectivity index (χ1v) is 5.41. The van der Waals surface area contributed by atoms with Crippen LogP contribution in [0, 0.1) is 13.8 Å². The number of hydrogen-bond acceptors (Lipinski definition) is 0. The Kier molecular flexibility index (Phi) is 34.6. The van der Waals surface area contributed by atoms with E-state index in [1.165, 1.54) is 38.5 Å². The zero-order valence-electron chi connectivity index (χ0n) is 9.78. The minimum Gasteiger partial charge on any atom is -0.343 e. The minimum absolute atomic E-state index is 0. The van der Waals surface area contributed by atoms with E-state index in [9.17, 15) is 0 Å². The second-order valence-electron chi connectivity index (χ2n) is 3.12. The molecule has 0 heterocycles. The molecule has 0 aliphatic carbocycles. The first-order valence-electron chi connectivity index (χ1n) is 5.41. The van der Waals surface area contributed by atoms with Crippen molar-refractivity contribution in [3.63, 3.8) is 0 Å². The van der Waals surface area contributed by atoms with Gasteiger partial charge in [0.15, 0.2) is 0 Å². The molecule has 0 bridgehead atoms. The van der Waals surface area contributed by atoms with Crippen LogP contribution in [-0.2, 0) is 27.3 Å². The third kappa shape index (κ3) is 32.2. The summed E-state index contributed by atoms with van der Waals surface area (Å²) in [5, 5.41) is 0. The Bertz CT molecular complexity index is 37.1. The monoisotopic (exact) mass is 284 g/mol. The summed E-state index contributed by atoms with van der Waals surface area (Å²) >= 11 is 0. The van der Waals surface area contributed by atoms with E-state index in [0.29, 0.717) is 0 Å². The van der Waals surface area contributed by atoms with Crippen LogP contribution < -0.4 is 0 Å². The van der Waals surface area contributed by atoms with Gasteiger partial charge in [-0.2, -0.15) is 12.8 Å². The summed E-state index contributed by atoms with van der Waals surface area (Å²) in [5.74, 6) is 0. The fourth-order valence-electron chi connectivity index (χ4n) is 0.854. The van der Waals surface area contributed by atoms with E-state index in [-0.39, 0.29) is 27.3 Å². The van der Waals surface area contributed by atoms with Crippen LogP contribution in [0.5, 0.6) is 0 Å². The van der Waals surface area contributed by atoms with E-state index < -0.39 is 0 Å². The fraction of sp³-hybridized carbons (Fsp3) is 0.833. The van der Waals surface area contributed by atoms with E-state index in [4.69, 9.17) is 0 Å². The van der Waals surface area contributed by atoms with Crippen molar-refractivity contribution < 1.29 is 27.3 Å². The molecule has 0 aromatic rings. The smallest absolute Gasteiger partial charge is 0.343 e. The van der Waals surface area contributed by atoms with Gasteiger partial charge in [0, 0.05) is 0 Å². The molecule has 0 aliphatic rings. The first-order chi connectivity index (χ1) is 5.83. The molecule has 13 heavy (non-hydrogen) atoms. The summed E-state index contributed by atoms with van der Waals surface area (Å²) in [7, 11) is 0. The van der Waals surface area contributed by atoms with E-state index in [0.717, 1.165) is 12.8 Å². The normalized spacial score (nSPS) is 8.31. The molecule has 0 atom stereocenters. The van der Waals surface area contributed by atoms with Crippen molar-refractivity contribution in [3.05, 3.63) is 13.8 Å². The molecule has 0 spiro atoms. The van der Waals surface area contributed by atoms with Gasteiger partial charge in [-0.15, -0.1) is 0 Å². The van der Waals surface area contributed by atoms with Crippen LogP contribution in [0.4, 0.5) is 0 Å². The molecule has 0 unspecified atom stereocenters. The maximum absolute atomic E-state index is 3.72. The van der Waals surface area contributed by atoms with E-state index in [1.54, 1.807) is 0 Å². The average molecular weight is 283 g/mol. The molecule has 0 aliphatic heterocycles. The second kappa shape index (κ2) is 23.1. The van der Waals surface area contributed by atoms with Gasteiger partial charge < -0.3 is 13.8 Å². The van der Waals surface area contributed by atoms with Gasteiger partial charge in [-0.25, -0.2) is 0 Å². The van der Waals surface area contributed by atoms with Crippen molar-refractivity contribution in [1.82, 2.24) is 0 Å². The second-order valence-corrected chi connectivity index (χ2v) is 3.12. The Morgan fingerprint density at radius 2 is 1.00 bits per heavy atom. The Hall–Kier alpha value is 0.922. The van der Waals surface area contributed by atoms with Crippen molar-refractivity contribution in [1.29, 1.82) is 0 Å². The van der Waals surface area contributed by atoms with Gasteiger partial charge in [-0.05, 0) is 0 Å². The minimum atomic E-state index is 0. The van der Waals surface area contributed by atoms with Crippen LogP contribution >= 0.6 is 0 Å². The van der Waals surface area contributed by atoms with E-state index >= 15 is 0 Å². The summed E-state index contributed by atoms with van der Waals surface area (Å²) in [6.07, 6.45) is 10.1.